The normalized spacial score (nSPS) is 17.1. The Morgan fingerprint density at radius 2 is 1.59 bits per heavy atom. The maximum atomic E-state index is 13.4. The summed E-state index contributed by atoms with van der Waals surface area (Å²) >= 11 is 5.82. The molecule has 2 aromatic carbocycles. The quantitative estimate of drug-likeness (QED) is 0.413. The zero-order valence-corrected chi connectivity index (χ0v) is 23.4. The van der Waals surface area contributed by atoms with E-state index in [0.29, 0.717) is 16.7 Å². The number of primary amides is 1. The van der Waals surface area contributed by atoms with E-state index in [0.717, 1.165) is 44.0 Å². The second kappa shape index (κ2) is 11.5. The van der Waals surface area contributed by atoms with Crippen LogP contribution in [-0.4, -0.2) is 76.0 Å². The molecule has 0 spiro atoms. The molecule has 0 atom stereocenters. The Bertz CT molecular complexity index is 1540. The summed E-state index contributed by atoms with van der Waals surface area (Å²) in [7, 11) is -3.89. The minimum atomic E-state index is -4.58. The summed E-state index contributed by atoms with van der Waals surface area (Å²) in [5.41, 5.74) is 7.27. The number of hydrogen-bond donors (Lipinski definition) is 2. The lowest BCUT2D eigenvalue weighted by Gasteiger charge is -2.35. The van der Waals surface area contributed by atoms with Crippen molar-refractivity contribution in [2.24, 2.45) is 5.73 Å². The van der Waals surface area contributed by atoms with Crippen molar-refractivity contribution in [3.8, 4) is 11.1 Å². The van der Waals surface area contributed by atoms with Crippen LogP contribution in [0.15, 0.2) is 59.5 Å². The van der Waals surface area contributed by atoms with E-state index < -0.39 is 27.7 Å². The number of nitrogens with one attached hydrogen (secondary N) is 1. The number of carbonyl (C=O) groups excluding carboxylic acids is 1. The second-order valence-electron chi connectivity index (χ2n) is 9.75. The first-order valence-corrected chi connectivity index (χ1v) is 14.8. The minimum absolute atomic E-state index is 0.0413. The van der Waals surface area contributed by atoms with Crippen molar-refractivity contribution >= 4 is 39.0 Å². The smallest absolute Gasteiger partial charge is 0.368 e. The maximum absolute atomic E-state index is 13.4. The fraction of sp³-hybridized carbons (Fsp3) is 0.333. The summed E-state index contributed by atoms with van der Waals surface area (Å²) in [5.74, 6) is -0.539. The van der Waals surface area contributed by atoms with Crippen LogP contribution in [0.25, 0.3) is 11.1 Å². The van der Waals surface area contributed by atoms with E-state index in [1.165, 1.54) is 16.4 Å². The number of anilines is 2. The van der Waals surface area contributed by atoms with E-state index in [-0.39, 0.29) is 42.0 Å². The zero-order valence-electron chi connectivity index (χ0n) is 21.9. The molecule has 0 saturated carbocycles. The standard InChI is InChI=1S/C27H28ClF3N6O3S/c28-23-16-19(27(29,30)31)17-24(34-23)36-12-14-37(15-13-36)41(39,40)20-6-4-18(5-7-20)25-21(26(32)38)2-1-3-22(25)35-10-8-33-9-11-35/h1-7,16-17,33H,8-15H2,(H2,32,38). The molecule has 218 valence electrons. The van der Waals surface area contributed by atoms with Crippen LogP contribution < -0.4 is 20.9 Å². The van der Waals surface area contributed by atoms with Crippen LogP contribution in [0.1, 0.15) is 15.9 Å². The average Bonchev–Trinajstić information content (AvgIpc) is 2.96. The molecule has 1 aromatic heterocycles. The highest BCUT2D eigenvalue weighted by atomic mass is 35.5. The Kier molecular flexibility index (Phi) is 8.15. The molecule has 2 aliphatic rings. The van der Waals surface area contributed by atoms with Crippen molar-refractivity contribution in [3.05, 3.63) is 70.9 Å². The third-order valence-corrected chi connectivity index (χ3v) is 9.32. The zero-order chi connectivity index (χ0) is 29.4. The molecule has 2 fully saturated rings. The Balaban J connectivity index is 1.36. The summed E-state index contributed by atoms with van der Waals surface area (Å²) in [4.78, 5) is 20.1. The van der Waals surface area contributed by atoms with Gasteiger partial charge in [-0.05, 0) is 42.0 Å². The number of aromatic nitrogens is 1. The SMILES string of the molecule is NC(=O)c1cccc(N2CCNCC2)c1-c1ccc(S(=O)(=O)N2CCN(c3cc(C(F)(F)F)cc(Cl)n3)CC2)cc1. The summed E-state index contributed by atoms with van der Waals surface area (Å²) in [6.07, 6.45) is -4.58. The van der Waals surface area contributed by atoms with Gasteiger partial charge in [0.1, 0.15) is 11.0 Å². The summed E-state index contributed by atoms with van der Waals surface area (Å²) in [6, 6.07) is 13.3. The number of halogens is 4. The molecule has 1 amide bonds. The highest BCUT2D eigenvalue weighted by Crippen LogP contribution is 2.36. The first kappa shape index (κ1) is 29.1. The van der Waals surface area contributed by atoms with Crippen molar-refractivity contribution in [1.29, 1.82) is 0 Å². The van der Waals surface area contributed by atoms with Gasteiger partial charge >= 0.3 is 6.18 Å². The summed E-state index contributed by atoms with van der Waals surface area (Å²) < 4.78 is 67.8. The molecular formula is C27H28ClF3N6O3S. The molecule has 3 heterocycles. The number of pyridine rings is 1. The van der Waals surface area contributed by atoms with Crippen LogP contribution in [-0.2, 0) is 16.2 Å². The number of piperazine rings is 2. The molecule has 0 radical (unpaired) electrons. The summed E-state index contributed by atoms with van der Waals surface area (Å²) in [5, 5.41) is 3.01. The van der Waals surface area contributed by atoms with Gasteiger partial charge in [-0.3, -0.25) is 4.79 Å². The van der Waals surface area contributed by atoms with Crippen molar-refractivity contribution in [2.45, 2.75) is 11.1 Å². The van der Waals surface area contributed by atoms with Gasteiger partial charge in [0.15, 0.2) is 0 Å². The highest BCUT2D eigenvalue weighted by molar-refractivity contribution is 7.89. The van der Waals surface area contributed by atoms with Gasteiger partial charge in [0.2, 0.25) is 15.9 Å². The van der Waals surface area contributed by atoms with Crippen molar-refractivity contribution in [2.75, 3.05) is 62.2 Å². The van der Waals surface area contributed by atoms with Crippen LogP contribution >= 0.6 is 11.6 Å². The Labute approximate surface area is 240 Å². The molecule has 3 N–H and O–H groups in total. The predicted octanol–water partition coefficient (Wildman–Crippen LogP) is 3.44. The Morgan fingerprint density at radius 1 is 0.927 bits per heavy atom. The summed E-state index contributed by atoms with van der Waals surface area (Å²) in [6.45, 7) is 3.47. The minimum Gasteiger partial charge on any atom is -0.368 e. The van der Waals surface area contributed by atoms with Gasteiger partial charge < -0.3 is 20.9 Å². The van der Waals surface area contributed by atoms with Crippen molar-refractivity contribution in [1.82, 2.24) is 14.6 Å². The lowest BCUT2D eigenvalue weighted by molar-refractivity contribution is -0.137. The fourth-order valence-electron chi connectivity index (χ4n) is 5.13. The molecule has 0 unspecified atom stereocenters. The number of rotatable bonds is 6. The van der Waals surface area contributed by atoms with Gasteiger partial charge in [0.25, 0.3) is 0 Å². The maximum Gasteiger partial charge on any atom is 0.416 e. The molecule has 0 aliphatic carbocycles. The van der Waals surface area contributed by atoms with E-state index in [4.69, 9.17) is 17.3 Å². The molecule has 41 heavy (non-hydrogen) atoms. The molecule has 3 aromatic rings. The number of benzene rings is 2. The molecule has 2 aliphatic heterocycles. The van der Waals surface area contributed by atoms with E-state index in [1.54, 1.807) is 29.2 Å². The monoisotopic (exact) mass is 608 g/mol. The third kappa shape index (κ3) is 6.13. The largest absolute Gasteiger partial charge is 0.416 e. The van der Waals surface area contributed by atoms with Crippen LogP contribution in [0.5, 0.6) is 0 Å². The molecule has 5 rings (SSSR count). The first-order chi connectivity index (χ1) is 19.4. The van der Waals surface area contributed by atoms with E-state index in [9.17, 15) is 26.4 Å². The first-order valence-electron chi connectivity index (χ1n) is 12.9. The van der Waals surface area contributed by atoms with Crippen LogP contribution in [0.4, 0.5) is 24.7 Å². The molecule has 2 saturated heterocycles. The van der Waals surface area contributed by atoms with Gasteiger partial charge in [0.05, 0.1) is 10.5 Å². The van der Waals surface area contributed by atoms with E-state index in [1.807, 2.05) is 6.07 Å². The highest BCUT2D eigenvalue weighted by Gasteiger charge is 2.34. The predicted molar refractivity (Wildman–Crippen MR) is 151 cm³/mol. The van der Waals surface area contributed by atoms with Crippen LogP contribution in [0, 0.1) is 0 Å². The van der Waals surface area contributed by atoms with E-state index in [2.05, 4.69) is 15.2 Å². The van der Waals surface area contributed by atoms with Gasteiger partial charge in [-0.25, -0.2) is 13.4 Å². The van der Waals surface area contributed by atoms with Crippen molar-refractivity contribution in [3.63, 3.8) is 0 Å². The van der Waals surface area contributed by atoms with Gasteiger partial charge in [-0.15, -0.1) is 0 Å². The molecule has 14 heteroatoms. The number of carbonyl (C=O) groups is 1. The molecule has 9 nitrogen and oxygen atoms in total. The number of nitrogens with zero attached hydrogens (tertiary/aromatic N) is 4. The number of hydrogen-bond acceptors (Lipinski definition) is 7. The third-order valence-electron chi connectivity index (χ3n) is 7.22. The Morgan fingerprint density at radius 3 is 2.20 bits per heavy atom. The van der Waals surface area contributed by atoms with Crippen LogP contribution in [0.2, 0.25) is 5.15 Å². The Hall–Kier alpha value is -3.39. The van der Waals surface area contributed by atoms with Gasteiger partial charge in [-0.2, -0.15) is 17.5 Å². The van der Waals surface area contributed by atoms with E-state index >= 15 is 0 Å². The molecular weight excluding hydrogens is 581 g/mol. The van der Waals surface area contributed by atoms with Crippen molar-refractivity contribution < 1.29 is 26.4 Å². The number of sulfonamides is 1. The lowest BCUT2D eigenvalue weighted by atomic mass is 9.96. The van der Waals surface area contributed by atoms with Gasteiger partial charge in [-0.1, -0.05) is 29.8 Å². The van der Waals surface area contributed by atoms with Gasteiger partial charge in [0, 0.05) is 69.2 Å². The topological polar surface area (TPSA) is 112 Å². The molecule has 0 bridgehead atoms. The second-order valence-corrected chi connectivity index (χ2v) is 12.1. The average molecular weight is 609 g/mol. The fourth-order valence-corrected chi connectivity index (χ4v) is 6.75. The number of alkyl halides is 3. The lowest BCUT2D eigenvalue weighted by Crippen LogP contribution is -2.49. The number of amides is 1. The van der Waals surface area contributed by atoms with Crippen LogP contribution in [0.3, 0.4) is 0 Å². The number of nitrogens with two attached hydrogens (primary N) is 1.